The first kappa shape index (κ1) is 11.9. The fourth-order valence-electron chi connectivity index (χ4n) is 1.24. The van der Waals surface area contributed by atoms with Crippen molar-refractivity contribution in [2.75, 3.05) is 19.8 Å². The summed E-state index contributed by atoms with van der Waals surface area (Å²) in [5.41, 5.74) is 11.8. The molecule has 7 heteroatoms. The minimum Gasteiger partial charge on any atom is -0.381 e. The van der Waals surface area contributed by atoms with Gasteiger partial charge in [0.25, 0.3) is 5.91 Å². The molecule has 0 saturated carbocycles. The smallest absolute Gasteiger partial charge is 0.263 e. The third kappa shape index (κ3) is 3.46. The molecule has 2 amide bonds. The van der Waals surface area contributed by atoms with Crippen molar-refractivity contribution in [3.63, 3.8) is 0 Å². The average Bonchev–Trinajstić information content (AvgIpc) is 2.18. The van der Waals surface area contributed by atoms with Gasteiger partial charge in [0.2, 0.25) is 5.91 Å². The van der Waals surface area contributed by atoms with Crippen LogP contribution in [0.2, 0.25) is 0 Å². The molecule has 86 valence electrons. The van der Waals surface area contributed by atoms with Crippen molar-refractivity contribution in [1.82, 2.24) is 5.48 Å². The van der Waals surface area contributed by atoms with E-state index >= 15 is 0 Å². The first-order valence-corrected chi connectivity index (χ1v) is 4.62. The van der Waals surface area contributed by atoms with E-state index in [4.69, 9.17) is 16.2 Å². The lowest BCUT2D eigenvalue weighted by Gasteiger charge is -2.31. The van der Waals surface area contributed by atoms with E-state index in [1.807, 2.05) is 0 Å². The maximum Gasteiger partial charge on any atom is 0.263 e. The van der Waals surface area contributed by atoms with E-state index in [0.717, 1.165) is 0 Å². The van der Waals surface area contributed by atoms with Gasteiger partial charge in [-0.3, -0.25) is 14.4 Å². The van der Waals surface area contributed by atoms with Crippen LogP contribution in [0.1, 0.15) is 12.8 Å². The lowest BCUT2D eigenvalue weighted by Crippen LogP contribution is -2.57. The van der Waals surface area contributed by atoms with E-state index in [1.165, 1.54) is 0 Å². The Labute approximate surface area is 87.0 Å². The number of rotatable bonds is 4. The SMILES string of the molecule is NC(=O)CONC(=O)C1(N)CCOCC1. The van der Waals surface area contributed by atoms with Crippen LogP contribution in [-0.4, -0.2) is 37.2 Å². The van der Waals surface area contributed by atoms with E-state index in [0.29, 0.717) is 26.1 Å². The zero-order chi connectivity index (χ0) is 11.3. The lowest BCUT2D eigenvalue weighted by atomic mass is 9.91. The standard InChI is InChI=1S/C8H15N3O4/c9-6(12)5-15-11-7(13)8(10)1-3-14-4-2-8/h1-5,10H2,(H2,9,12)(H,11,13). The maximum absolute atomic E-state index is 11.5. The Morgan fingerprint density at radius 1 is 1.40 bits per heavy atom. The monoisotopic (exact) mass is 217 g/mol. The molecule has 1 heterocycles. The molecule has 0 atom stereocenters. The fourth-order valence-corrected chi connectivity index (χ4v) is 1.24. The summed E-state index contributed by atoms with van der Waals surface area (Å²) in [5.74, 6) is -1.11. The lowest BCUT2D eigenvalue weighted by molar-refractivity contribution is -0.145. The molecule has 0 aromatic carbocycles. The quantitative estimate of drug-likeness (QED) is 0.472. The molecular weight excluding hydrogens is 202 g/mol. The number of primary amides is 1. The Hall–Kier alpha value is -1.18. The number of carbonyl (C=O) groups excluding carboxylic acids is 2. The van der Waals surface area contributed by atoms with Crippen LogP contribution in [0.25, 0.3) is 0 Å². The van der Waals surface area contributed by atoms with Gasteiger partial charge in [-0.1, -0.05) is 0 Å². The highest BCUT2D eigenvalue weighted by atomic mass is 16.7. The molecule has 0 unspecified atom stereocenters. The van der Waals surface area contributed by atoms with E-state index in [-0.39, 0.29) is 6.61 Å². The molecule has 1 rings (SSSR count). The van der Waals surface area contributed by atoms with Crippen LogP contribution in [0, 0.1) is 0 Å². The molecule has 15 heavy (non-hydrogen) atoms. The van der Waals surface area contributed by atoms with Crippen LogP contribution < -0.4 is 16.9 Å². The number of nitrogens with one attached hydrogen (secondary N) is 1. The van der Waals surface area contributed by atoms with Gasteiger partial charge in [0, 0.05) is 13.2 Å². The zero-order valence-electron chi connectivity index (χ0n) is 8.32. The van der Waals surface area contributed by atoms with Crippen molar-refractivity contribution >= 4 is 11.8 Å². The number of amides is 2. The second-order valence-electron chi connectivity index (χ2n) is 3.45. The summed E-state index contributed by atoms with van der Waals surface area (Å²) in [6, 6.07) is 0. The predicted molar refractivity (Wildman–Crippen MR) is 50.3 cm³/mol. The van der Waals surface area contributed by atoms with Crippen molar-refractivity contribution in [3.05, 3.63) is 0 Å². The van der Waals surface area contributed by atoms with Gasteiger partial charge in [-0.25, -0.2) is 5.48 Å². The Morgan fingerprint density at radius 2 is 2.00 bits per heavy atom. The van der Waals surface area contributed by atoms with Crippen LogP contribution in [0.3, 0.4) is 0 Å². The molecule has 0 aliphatic carbocycles. The van der Waals surface area contributed by atoms with Gasteiger partial charge in [-0.05, 0) is 12.8 Å². The molecule has 0 aromatic rings. The summed E-state index contributed by atoms with van der Waals surface area (Å²) in [4.78, 5) is 26.4. The highest BCUT2D eigenvalue weighted by Crippen LogP contribution is 2.17. The summed E-state index contributed by atoms with van der Waals surface area (Å²) in [5, 5.41) is 0. The molecular formula is C8H15N3O4. The van der Waals surface area contributed by atoms with E-state index in [2.05, 4.69) is 10.3 Å². The van der Waals surface area contributed by atoms with Crippen LogP contribution in [0.15, 0.2) is 0 Å². The number of nitrogens with two attached hydrogens (primary N) is 2. The predicted octanol–water partition coefficient (Wildman–Crippen LogP) is -1.97. The summed E-state index contributed by atoms with van der Waals surface area (Å²) in [6.07, 6.45) is 0.859. The molecule has 0 radical (unpaired) electrons. The van der Waals surface area contributed by atoms with Crippen molar-refractivity contribution in [2.24, 2.45) is 11.5 Å². The minimum atomic E-state index is -0.976. The molecule has 0 aromatic heterocycles. The number of hydrogen-bond acceptors (Lipinski definition) is 5. The molecule has 0 spiro atoms. The molecule has 1 aliphatic rings. The van der Waals surface area contributed by atoms with Crippen molar-refractivity contribution in [1.29, 1.82) is 0 Å². The Kier molecular flexibility index (Phi) is 4.01. The summed E-state index contributed by atoms with van der Waals surface area (Å²) in [6.45, 7) is 0.526. The normalized spacial score (nSPS) is 19.5. The molecule has 1 saturated heterocycles. The third-order valence-corrected chi connectivity index (χ3v) is 2.22. The van der Waals surface area contributed by atoms with Gasteiger partial charge in [-0.2, -0.15) is 0 Å². The largest absolute Gasteiger partial charge is 0.381 e. The Bertz CT molecular complexity index is 250. The first-order valence-electron chi connectivity index (χ1n) is 4.62. The Morgan fingerprint density at radius 3 is 2.53 bits per heavy atom. The van der Waals surface area contributed by atoms with Crippen LogP contribution in [0.5, 0.6) is 0 Å². The van der Waals surface area contributed by atoms with Gasteiger partial charge in [0.05, 0.1) is 0 Å². The summed E-state index contributed by atoms with van der Waals surface area (Å²) < 4.78 is 5.08. The summed E-state index contributed by atoms with van der Waals surface area (Å²) in [7, 11) is 0. The molecule has 7 nitrogen and oxygen atoms in total. The van der Waals surface area contributed by atoms with Crippen molar-refractivity contribution < 1.29 is 19.2 Å². The minimum absolute atomic E-state index is 0.363. The maximum atomic E-state index is 11.5. The van der Waals surface area contributed by atoms with Gasteiger partial charge < -0.3 is 16.2 Å². The number of ether oxygens (including phenoxy) is 1. The Balaban J connectivity index is 2.34. The topological polar surface area (TPSA) is 117 Å². The molecule has 0 bridgehead atoms. The second kappa shape index (κ2) is 5.06. The zero-order valence-corrected chi connectivity index (χ0v) is 8.32. The van der Waals surface area contributed by atoms with Crippen molar-refractivity contribution in [2.45, 2.75) is 18.4 Å². The van der Waals surface area contributed by atoms with E-state index in [9.17, 15) is 9.59 Å². The van der Waals surface area contributed by atoms with E-state index in [1.54, 1.807) is 0 Å². The molecule has 1 aliphatic heterocycles. The van der Waals surface area contributed by atoms with Gasteiger partial charge in [0.1, 0.15) is 5.54 Å². The number of carbonyl (C=O) groups is 2. The first-order chi connectivity index (χ1) is 7.04. The van der Waals surface area contributed by atoms with Gasteiger partial charge in [0.15, 0.2) is 6.61 Å². The van der Waals surface area contributed by atoms with Gasteiger partial charge in [-0.15, -0.1) is 0 Å². The summed E-state index contributed by atoms with van der Waals surface area (Å²) >= 11 is 0. The van der Waals surface area contributed by atoms with Crippen LogP contribution in [0.4, 0.5) is 0 Å². The molecule has 5 N–H and O–H groups in total. The molecule has 1 fully saturated rings. The van der Waals surface area contributed by atoms with Crippen LogP contribution >= 0.6 is 0 Å². The fraction of sp³-hybridized carbons (Fsp3) is 0.750. The van der Waals surface area contributed by atoms with Crippen molar-refractivity contribution in [3.8, 4) is 0 Å². The number of hydroxylamine groups is 1. The highest BCUT2D eigenvalue weighted by Gasteiger charge is 2.36. The average molecular weight is 217 g/mol. The van der Waals surface area contributed by atoms with Gasteiger partial charge >= 0.3 is 0 Å². The second-order valence-corrected chi connectivity index (χ2v) is 3.45. The third-order valence-electron chi connectivity index (χ3n) is 2.22. The van der Waals surface area contributed by atoms with E-state index < -0.39 is 17.4 Å². The number of hydrogen-bond donors (Lipinski definition) is 3. The van der Waals surface area contributed by atoms with Crippen LogP contribution in [-0.2, 0) is 19.2 Å². The highest BCUT2D eigenvalue weighted by molar-refractivity contribution is 5.85.